The zero-order valence-corrected chi connectivity index (χ0v) is 11.5. The summed E-state index contributed by atoms with van der Waals surface area (Å²) in [4.78, 5) is 20.8. The molecule has 0 saturated carbocycles. The molecule has 0 aliphatic heterocycles. The smallest absolute Gasteiger partial charge is 0.303 e. The van der Waals surface area contributed by atoms with Gasteiger partial charge in [0.05, 0.1) is 14.9 Å². The summed E-state index contributed by atoms with van der Waals surface area (Å²) in [5.74, 6) is 0. The van der Waals surface area contributed by atoms with E-state index in [1.54, 1.807) is 6.92 Å². The first-order chi connectivity index (χ1) is 8.79. The number of hydrogen-bond acceptors (Lipinski definition) is 5. The van der Waals surface area contributed by atoms with Gasteiger partial charge in [0.2, 0.25) is 0 Å². The van der Waals surface area contributed by atoms with Crippen molar-refractivity contribution in [1.29, 1.82) is 0 Å². The molecule has 1 aromatic carbocycles. The van der Waals surface area contributed by atoms with E-state index < -0.39 is 9.85 Å². The van der Waals surface area contributed by atoms with E-state index in [-0.39, 0.29) is 33.7 Å². The fraction of sp³-hybridized carbons (Fsp3) is 0.455. The van der Waals surface area contributed by atoms with Crippen LogP contribution in [0.4, 0.5) is 17.1 Å². The van der Waals surface area contributed by atoms with Crippen molar-refractivity contribution >= 4 is 28.7 Å². The third kappa shape index (κ3) is 3.11. The SMILES string of the molecule is CCC(C)Nc1c([N+](=O)[O-])cc(Cl)c(C)c1[N+](=O)[O-]. The molecule has 0 saturated heterocycles. The molecule has 0 aliphatic carbocycles. The van der Waals surface area contributed by atoms with Crippen LogP contribution in [-0.2, 0) is 0 Å². The van der Waals surface area contributed by atoms with E-state index in [4.69, 9.17) is 11.6 Å². The molecule has 0 radical (unpaired) electrons. The highest BCUT2D eigenvalue weighted by atomic mass is 35.5. The Morgan fingerprint density at radius 3 is 2.37 bits per heavy atom. The highest BCUT2D eigenvalue weighted by molar-refractivity contribution is 6.32. The van der Waals surface area contributed by atoms with Crippen molar-refractivity contribution in [3.8, 4) is 0 Å². The predicted molar refractivity (Wildman–Crippen MR) is 72.9 cm³/mol. The van der Waals surface area contributed by atoms with Gasteiger partial charge in [0.1, 0.15) is 0 Å². The van der Waals surface area contributed by atoms with Gasteiger partial charge in [-0.25, -0.2) is 0 Å². The summed E-state index contributed by atoms with van der Waals surface area (Å²) in [5, 5.41) is 25.0. The van der Waals surface area contributed by atoms with Gasteiger partial charge in [0.15, 0.2) is 5.69 Å². The van der Waals surface area contributed by atoms with Crippen molar-refractivity contribution in [1.82, 2.24) is 0 Å². The maximum Gasteiger partial charge on any atom is 0.303 e. The van der Waals surface area contributed by atoms with Gasteiger partial charge in [-0.05, 0) is 20.3 Å². The molecule has 1 rings (SSSR count). The number of rotatable bonds is 5. The maximum absolute atomic E-state index is 11.1. The normalized spacial score (nSPS) is 12.0. The molecule has 8 heteroatoms. The lowest BCUT2D eigenvalue weighted by atomic mass is 10.1. The molecular weight excluding hydrogens is 274 g/mol. The Morgan fingerprint density at radius 1 is 1.37 bits per heavy atom. The standard InChI is InChI=1S/C11H14ClN3O4/c1-4-6(2)13-10-9(14(16)17)5-8(12)7(3)11(10)15(18)19/h5-6,13H,4H2,1-3H3. The number of nitrogens with one attached hydrogen (secondary N) is 1. The van der Waals surface area contributed by atoms with Gasteiger partial charge in [-0.3, -0.25) is 20.2 Å². The molecular formula is C11H14ClN3O4. The molecule has 1 aromatic rings. The first-order valence-corrected chi connectivity index (χ1v) is 6.05. The molecule has 104 valence electrons. The van der Waals surface area contributed by atoms with Crippen LogP contribution in [0, 0.1) is 27.2 Å². The van der Waals surface area contributed by atoms with Crippen LogP contribution in [0.3, 0.4) is 0 Å². The summed E-state index contributed by atoms with van der Waals surface area (Å²) in [6.45, 7) is 5.13. The lowest BCUT2D eigenvalue weighted by Crippen LogP contribution is -2.16. The summed E-state index contributed by atoms with van der Waals surface area (Å²) in [6, 6.07) is 1.01. The Balaban J connectivity index is 3.56. The molecule has 0 fully saturated rings. The maximum atomic E-state index is 11.1. The molecule has 0 aromatic heterocycles. The molecule has 1 atom stereocenters. The molecule has 1 unspecified atom stereocenters. The van der Waals surface area contributed by atoms with E-state index >= 15 is 0 Å². The molecule has 7 nitrogen and oxygen atoms in total. The van der Waals surface area contributed by atoms with E-state index in [1.807, 2.05) is 6.92 Å². The van der Waals surface area contributed by atoms with Crippen LogP contribution in [0.1, 0.15) is 25.8 Å². The average Bonchev–Trinajstić information content (AvgIpc) is 2.32. The van der Waals surface area contributed by atoms with E-state index in [1.165, 1.54) is 6.92 Å². The minimum atomic E-state index is -0.678. The van der Waals surface area contributed by atoms with Gasteiger partial charge in [-0.1, -0.05) is 18.5 Å². The number of nitrogens with zero attached hydrogens (tertiary/aromatic N) is 2. The molecule has 0 aliphatic rings. The van der Waals surface area contributed by atoms with Gasteiger partial charge in [0, 0.05) is 17.7 Å². The Hall–Kier alpha value is -1.89. The molecule has 0 bridgehead atoms. The minimum absolute atomic E-state index is 0.00750. The van der Waals surface area contributed by atoms with Crippen LogP contribution in [0.15, 0.2) is 6.07 Å². The Kier molecular flexibility index (Phi) is 4.66. The second kappa shape index (κ2) is 5.83. The van der Waals surface area contributed by atoms with Gasteiger partial charge >= 0.3 is 11.4 Å². The number of benzene rings is 1. The Labute approximate surface area is 114 Å². The fourth-order valence-electron chi connectivity index (χ4n) is 1.59. The zero-order valence-electron chi connectivity index (χ0n) is 10.8. The Bertz CT molecular complexity index is 533. The molecule has 0 spiro atoms. The topological polar surface area (TPSA) is 98.3 Å². The van der Waals surface area contributed by atoms with Gasteiger partial charge < -0.3 is 5.32 Å². The molecule has 0 heterocycles. The number of hydrogen-bond donors (Lipinski definition) is 1. The summed E-state index contributed by atoms with van der Waals surface area (Å²) in [7, 11) is 0. The van der Waals surface area contributed by atoms with Crippen LogP contribution in [0.25, 0.3) is 0 Å². The Morgan fingerprint density at radius 2 is 1.95 bits per heavy atom. The minimum Gasteiger partial charge on any atom is -0.371 e. The van der Waals surface area contributed by atoms with Crippen molar-refractivity contribution in [3.63, 3.8) is 0 Å². The molecule has 19 heavy (non-hydrogen) atoms. The first-order valence-electron chi connectivity index (χ1n) is 5.68. The largest absolute Gasteiger partial charge is 0.371 e. The molecule has 1 N–H and O–H groups in total. The van der Waals surface area contributed by atoms with Crippen molar-refractivity contribution < 1.29 is 9.85 Å². The van der Waals surface area contributed by atoms with Crippen LogP contribution in [0.5, 0.6) is 0 Å². The van der Waals surface area contributed by atoms with Crippen molar-refractivity contribution in [2.24, 2.45) is 0 Å². The lowest BCUT2D eigenvalue weighted by Gasteiger charge is -2.14. The monoisotopic (exact) mass is 287 g/mol. The summed E-state index contributed by atoms with van der Waals surface area (Å²) >= 11 is 5.81. The third-order valence-corrected chi connectivity index (χ3v) is 3.24. The second-order valence-corrected chi connectivity index (χ2v) is 4.60. The van der Waals surface area contributed by atoms with E-state index in [2.05, 4.69) is 5.32 Å². The highest BCUT2D eigenvalue weighted by Gasteiger charge is 2.30. The number of halogens is 1. The quantitative estimate of drug-likeness (QED) is 0.658. The number of nitro groups is 2. The summed E-state index contributed by atoms with van der Waals surface area (Å²) < 4.78 is 0. The number of nitro benzene ring substituents is 2. The fourth-order valence-corrected chi connectivity index (χ4v) is 1.78. The van der Waals surface area contributed by atoms with E-state index in [9.17, 15) is 20.2 Å². The van der Waals surface area contributed by atoms with Crippen molar-refractivity contribution in [2.45, 2.75) is 33.2 Å². The molecule has 0 amide bonds. The average molecular weight is 288 g/mol. The van der Waals surface area contributed by atoms with E-state index in [0.717, 1.165) is 6.07 Å². The first kappa shape index (κ1) is 15.2. The second-order valence-electron chi connectivity index (χ2n) is 4.19. The number of anilines is 1. The van der Waals surface area contributed by atoms with Gasteiger partial charge in [-0.2, -0.15) is 0 Å². The van der Waals surface area contributed by atoms with Crippen molar-refractivity contribution in [2.75, 3.05) is 5.32 Å². The van der Waals surface area contributed by atoms with Crippen LogP contribution < -0.4 is 5.32 Å². The lowest BCUT2D eigenvalue weighted by molar-refractivity contribution is -0.392. The van der Waals surface area contributed by atoms with Crippen LogP contribution >= 0.6 is 11.6 Å². The zero-order chi connectivity index (χ0) is 14.7. The van der Waals surface area contributed by atoms with Gasteiger partial charge in [-0.15, -0.1) is 0 Å². The van der Waals surface area contributed by atoms with Crippen LogP contribution in [0.2, 0.25) is 5.02 Å². The predicted octanol–water partition coefficient (Wildman–Crippen LogP) is 3.68. The van der Waals surface area contributed by atoms with Gasteiger partial charge in [0.25, 0.3) is 0 Å². The van der Waals surface area contributed by atoms with E-state index in [0.29, 0.717) is 6.42 Å². The van der Waals surface area contributed by atoms with Crippen LogP contribution in [-0.4, -0.2) is 15.9 Å². The highest BCUT2D eigenvalue weighted by Crippen LogP contribution is 2.41. The third-order valence-electron chi connectivity index (χ3n) is 2.85. The van der Waals surface area contributed by atoms with Crippen molar-refractivity contribution in [3.05, 3.63) is 36.9 Å². The summed E-state index contributed by atoms with van der Waals surface area (Å²) in [5.41, 5.74) is -0.614. The summed E-state index contributed by atoms with van der Waals surface area (Å²) in [6.07, 6.45) is 0.677.